The number of nitrogens with zero attached hydrogens (tertiary/aromatic N) is 5. The van der Waals surface area contributed by atoms with Crippen molar-refractivity contribution in [3.63, 3.8) is 0 Å². The maximum absolute atomic E-state index is 11.6. The van der Waals surface area contributed by atoms with E-state index in [1.54, 1.807) is 0 Å². The molecule has 3 N–H and O–H groups in total. The molecule has 2 aromatic heterocycles. The molecule has 0 aromatic carbocycles. The number of rotatable bonds is 4. The third-order valence-corrected chi connectivity index (χ3v) is 3.73. The number of hydrogen-bond donors (Lipinski definition) is 2. The molecule has 0 atom stereocenters. The molecule has 3 rings (SSSR count). The summed E-state index contributed by atoms with van der Waals surface area (Å²) in [5.74, 6) is -0.219. The number of hydrogen-bond acceptors (Lipinski definition) is 8. The average molecular weight is 295 g/mol. The predicted octanol–water partition coefficient (Wildman–Crippen LogP) is 0.338. The van der Waals surface area contributed by atoms with Gasteiger partial charge in [-0.3, -0.25) is 14.7 Å². The van der Waals surface area contributed by atoms with Crippen LogP contribution in [0.2, 0.25) is 0 Å². The maximum atomic E-state index is 11.6. The smallest absolute Gasteiger partial charge is 0.344 e. The number of H-pyrrole nitrogens is 1. The van der Waals surface area contributed by atoms with E-state index in [1.807, 2.05) is 0 Å². The summed E-state index contributed by atoms with van der Waals surface area (Å²) in [5, 5.41) is 17.6. The number of aromatic amines is 1. The van der Waals surface area contributed by atoms with E-state index < -0.39 is 4.92 Å². The quantitative estimate of drug-likeness (QED) is 0.466. The van der Waals surface area contributed by atoms with E-state index in [1.165, 1.54) is 4.57 Å². The van der Waals surface area contributed by atoms with Crippen molar-refractivity contribution < 1.29 is 4.92 Å². The molecule has 1 saturated carbocycles. The Labute approximate surface area is 115 Å². The van der Waals surface area contributed by atoms with E-state index in [0.29, 0.717) is 5.16 Å². The first-order valence-corrected chi connectivity index (χ1v) is 6.49. The van der Waals surface area contributed by atoms with E-state index >= 15 is 0 Å². The zero-order valence-electron chi connectivity index (χ0n) is 10.0. The molecule has 1 aliphatic rings. The summed E-state index contributed by atoms with van der Waals surface area (Å²) < 4.78 is 1.48. The van der Waals surface area contributed by atoms with Crippen LogP contribution in [-0.2, 0) is 0 Å². The van der Waals surface area contributed by atoms with Crippen LogP contribution in [-0.4, -0.2) is 29.7 Å². The Morgan fingerprint density at radius 3 is 2.90 bits per heavy atom. The second-order valence-corrected chi connectivity index (χ2v) is 5.14. The van der Waals surface area contributed by atoms with Gasteiger partial charge in [0.25, 0.3) is 0 Å². The molecule has 2 heterocycles. The minimum Gasteiger partial charge on any atom is -0.378 e. The fraction of sp³-hybridized carbons (Fsp3) is 0.333. The predicted molar refractivity (Wildman–Crippen MR) is 68.3 cm³/mol. The summed E-state index contributed by atoms with van der Waals surface area (Å²) >= 11 is 0.920. The lowest BCUT2D eigenvalue weighted by molar-refractivity contribution is -0.387. The molecule has 0 bridgehead atoms. The minimum absolute atomic E-state index is 0.0587. The van der Waals surface area contributed by atoms with Gasteiger partial charge in [-0.25, -0.2) is 19.9 Å². The standard InChI is InChI=1S/C9H9N7O3S/c10-6-5(16(18)19)7(12-3-11-6)20-9-14-13-8(17)15(9)4-1-2-4/h3-4H,1-2H2,(H,13,17)(H2,10,11,12). The summed E-state index contributed by atoms with van der Waals surface area (Å²) in [7, 11) is 0. The largest absolute Gasteiger partial charge is 0.378 e. The molecule has 0 amide bonds. The van der Waals surface area contributed by atoms with Crippen molar-refractivity contribution in [2.24, 2.45) is 0 Å². The van der Waals surface area contributed by atoms with Crippen LogP contribution in [0.1, 0.15) is 18.9 Å². The van der Waals surface area contributed by atoms with Gasteiger partial charge in [-0.2, -0.15) is 0 Å². The molecule has 10 nitrogen and oxygen atoms in total. The van der Waals surface area contributed by atoms with Gasteiger partial charge in [0.1, 0.15) is 6.33 Å². The number of nitrogen functional groups attached to an aromatic ring is 1. The number of anilines is 1. The maximum Gasteiger partial charge on any atom is 0.344 e. The highest BCUT2D eigenvalue weighted by atomic mass is 32.2. The van der Waals surface area contributed by atoms with Crippen LogP contribution in [0, 0.1) is 10.1 Å². The zero-order valence-corrected chi connectivity index (χ0v) is 10.8. The van der Waals surface area contributed by atoms with Gasteiger partial charge in [0.05, 0.1) is 4.92 Å². The summed E-state index contributed by atoms with van der Waals surface area (Å²) in [6, 6.07) is 0.0991. The molecular weight excluding hydrogens is 286 g/mol. The van der Waals surface area contributed by atoms with Crippen molar-refractivity contribution >= 4 is 23.3 Å². The molecule has 0 spiro atoms. The first-order valence-electron chi connectivity index (χ1n) is 5.67. The number of aromatic nitrogens is 5. The van der Waals surface area contributed by atoms with Crippen LogP contribution in [0.25, 0.3) is 0 Å². The highest BCUT2D eigenvalue weighted by Gasteiger charge is 2.30. The lowest BCUT2D eigenvalue weighted by Gasteiger charge is -2.04. The second-order valence-electron chi connectivity index (χ2n) is 4.18. The monoisotopic (exact) mass is 295 g/mol. The van der Waals surface area contributed by atoms with Crippen LogP contribution >= 0.6 is 11.8 Å². The van der Waals surface area contributed by atoms with Crippen molar-refractivity contribution in [3.05, 3.63) is 26.9 Å². The summed E-state index contributed by atoms with van der Waals surface area (Å²) in [5.41, 5.74) is 4.78. The molecular formula is C9H9N7O3S. The van der Waals surface area contributed by atoms with E-state index in [9.17, 15) is 14.9 Å². The van der Waals surface area contributed by atoms with E-state index in [0.717, 1.165) is 30.9 Å². The van der Waals surface area contributed by atoms with E-state index in [-0.39, 0.29) is 28.3 Å². The third-order valence-electron chi connectivity index (χ3n) is 2.77. The Balaban J connectivity index is 2.02. The third kappa shape index (κ3) is 2.11. The topological polar surface area (TPSA) is 146 Å². The fourth-order valence-corrected chi connectivity index (χ4v) is 2.70. The number of nitro groups is 1. The van der Waals surface area contributed by atoms with Crippen LogP contribution in [0.5, 0.6) is 0 Å². The van der Waals surface area contributed by atoms with Gasteiger partial charge in [0.2, 0.25) is 5.82 Å². The van der Waals surface area contributed by atoms with Crippen LogP contribution < -0.4 is 11.4 Å². The Kier molecular flexibility index (Phi) is 2.89. The number of nitrogens with one attached hydrogen (secondary N) is 1. The number of nitrogens with two attached hydrogens (primary N) is 1. The van der Waals surface area contributed by atoms with Gasteiger partial charge < -0.3 is 5.73 Å². The highest BCUT2D eigenvalue weighted by Crippen LogP contribution is 2.39. The lowest BCUT2D eigenvalue weighted by atomic mass is 10.5. The molecule has 0 saturated heterocycles. The van der Waals surface area contributed by atoms with Crippen molar-refractivity contribution in [1.82, 2.24) is 24.7 Å². The molecule has 2 aromatic rings. The van der Waals surface area contributed by atoms with Gasteiger partial charge in [-0.1, -0.05) is 0 Å². The van der Waals surface area contributed by atoms with Crippen molar-refractivity contribution in [2.45, 2.75) is 29.1 Å². The van der Waals surface area contributed by atoms with Gasteiger partial charge in [-0.15, -0.1) is 5.10 Å². The summed E-state index contributed by atoms with van der Waals surface area (Å²) in [6.45, 7) is 0. The Hall–Kier alpha value is -2.43. The summed E-state index contributed by atoms with van der Waals surface area (Å²) in [6.07, 6.45) is 2.92. The molecule has 11 heteroatoms. The van der Waals surface area contributed by atoms with Gasteiger partial charge >= 0.3 is 11.4 Å². The average Bonchev–Trinajstić information content (AvgIpc) is 3.15. The first kappa shape index (κ1) is 12.6. The minimum atomic E-state index is -0.649. The first-order chi connectivity index (χ1) is 9.58. The molecule has 0 unspecified atom stereocenters. The Morgan fingerprint density at radius 2 is 2.25 bits per heavy atom. The lowest BCUT2D eigenvalue weighted by Crippen LogP contribution is -2.16. The molecule has 0 radical (unpaired) electrons. The van der Waals surface area contributed by atoms with Gasteiger partial charge in [0, 0.05) is 6.04 Å². The van der Waals surface area contributed by atoms with E-state index in [2.05, 4.69) is 20.2 Å². The van der Waals surface area contributed by atoms with E-state index in [4.69, 9.17) is 5.73 Å². The van der Waals surface area contributed by atoms with Crippen molar-refractivity contribution in [2.75, 3.05) is 5.73 Å². The molecule has 20 heavy (non-hydrogen) atoms. The Morgan fingerprint density at radius 1 is 1.50 bits per heavy atom. The molecule has 1 aliphatic carbocycles. The SMILES string of the molecule is Nc1ncnc(Sc2n[nH]c(=O)n2C2CC2)c1[N+](=O)[O-]. The highest BCUT2D eigenvalue weighted by molar-refractivity contribution is 7.99. The van der Waals surface area contributed by atoms with Crippen LogP contribution in [0.15, 0.2) is 21.3 Å². The zero-order chi connectivity index (χ0) is 14.3. The fourth-order valence-electron chi connectivity index (χ4n) is 1.73. The van der Waals surface area contributed by atoms with Gasteiger partial charge in [-0.05, 0) is 24.6 Å². The second kappa shape index (κ2) is 4.59. The molecule has 0 aliphatic heterocycles. The van der Waals surface area contributed by atoms with Crippen LogP contribution in [0.4, 0.5) is 11.5 Å². The molecule has 1 fully saturated rings. The van der Waals surface area contributed by atoms with Crippen molar-refractivity contribution in [3.8, 4) is 0 Å². The van der Waals surface area contributed by atoms with Crippen molar-refractivity contribution in [1.29, 1.82) is 0 Å². The normalized spacial score (nSPS) is 14.4. The van der Waals surface area contributed by atoms with Crippen LogP contribution in [0.3, 0.4) is 0 Å². The summed E-state index contributed by atoms with van der Waals surface area (Å²) in [4.78, 5) is 29.4. The molecule has 104 valence electrons. The van der Waals surface area contributed by atoms with Gasteiger partial charge in [0.15, 0.2) is 10.2 Å². The Bertz CT molecular complexity index is 735.